The maximum absolute atomic E-state index is 12.4. The van der Waals surface area contributed by atoms with Crippen molar-refractivity contribution in [3.8, 4) is 0 Å². The van der Waals surface area contributed by atoms with Crippen LogP contribution in [-0.4, -0.2) is 10.7 Å². The Hall–Kier alpha value is -2.14. The van der Waals surface area contributed by atoms with Gasteiger partial charge in [-0.05, 0) is 12.1 Å². The van der Waals surface area contributed by atoms with E-state index < -0.39 is 13.3 Å². The van der Waals surface area contributed by atoms with Crippen molar-refractivity contribution in [1.29, 1.82) is 0 Å². The maximum atomic E-state index is 12.4. The van der Waals surface area contributed by atoms with Gasteiger partial charge in [-0.25, -0.2) is 0 Å². The summed E-state index contributed by atoms with van der Waals surface area (Å²) in [5.74, 6) is -0.438. The third kappa shape index (κ3) is 2.58. The predicted molar refractivity (Wildman–Crippen MR) is 78.8 cm³/mol. The van der Waals surface area contributed by atoms with E-state index in [-0.39, 0.29) is 22.2 Å². The molecule has 0 bridgehead atoms. The zero-order valence-corrected chi connectivity index (χ0v) is 11.4. The van der Waals surface area contributed by atoms with Crippen molar-refractivity contribution >= 4 is 30.0 Å². The van der Waals surface area contributed by atoms with Gasteiger partial charge in [0.1, 0.15) is 0 Å². The smallest absolute Gasteiger partial charge is 0.297 e. The molecule has 0 aromatic heterocycles. The second kappa shape index (κ2) is 5.09. The number of nitrogens with two attached hydrogens (primary N) is 3. The zero-order chi connectivity index (χ0) is 14.9. The van der Waals surface area contributed by atoms with Gasteiger partial charge in [0, 0.05) is 11.1 Å². The largest absolute Gasteiger partial charge is 0.397 e. The van der Waals surface area contributed by atoms with Gasteiger partial charge in [0.25, 0.3) is 7.52 Å². The Morgan fingerprint density at radius 3 is 2.20 bits per heavy atom. The van der Waals surface area contributed by atoms with Crippen molar-refractivity contribution in [1.82, 2.24) is 0 Å². The lowest BCUT2D eigenvalue weighted by Crippen LogP contribution is -2.24. The van der Waals surface area contributed by atoms with Crippen molar-refractivity contribution in [2.75, 3.05) is 11.5 Å². The summed E-state index contributed by atoms with van der Waals surface area (Å²) < 4.78 is 11.8. The summed E-state index contributed by atoms with van der Waals surface area (Å²) in [6.07, 6.45) is 0. The summed E-state index contributed by atoms with van der Waals surface area (Å²) in [4.78, 5) is 22.0. The van der Waals surface area contributed by atoms with E-state index in [1.54, 1.807) is 30.3 Å². The Morgan fingerprint density at radius 2 is 1.65 bits per heavy atom. The fourth-order valence-corrected chi connectivity index (χ4v) is 2.89. The van der Waals surface area contributed by atoms with Gasteiger partial charge in [0.05, 0.1) is 16.7 Å². The average molecular weight is 291 g/mol. The van der Waals surface area contributed by atoms with E-state index >= 15 is 0 Å². The molecule has 0 aliphatic rings. The summed E-state index contributed by atoms with van der Waals surface area (Å²) >= 11 is 0. The first-order chi connectivity index (χ1) is 9.32. The quantitative estimate of drug-likeness (QED) is 0.376. The Balaban J connectivity index is 2.67. The molecule has 0 heterocycles. The lowest BCUT2D eigenvalue weighted by atomic mass is 10.0. The van der Waals surface area contributed by atoms with Crippen LogP contribution in [0.2, 0.25) is 0 Å². The van der Waals surface area contributed by atoms with Gasteiger partial charge in [0.2, 0.25) is 0 Å². The van der Waals surface area contributed by atoms with E-state index in [9.17, 15) is 14.3 Å². The SMILES string of the molecule is Nc1ccc(C(=O)c2ccccc2)c(P(N)(=O)O)c1N. The van der Waals surface area contributed by atoms with Crippen LogP contribution in [0.25, 0.3) is 0 Å². The summed E-state index contributed by atoms with van der Waals surface area (Å²) in [7, 11) is -4.22. The number of hydrogen-bond acceptors (Lipinski definition) is 4. The second-order valence-electron chi connectivity index (χ2n) is 4.28. The fraction of sp³-hybridized carbons (Fsp3) is 0. The molecule has 0 aliphatic heterocycles. The van der Waals surface area contributed by atoms with E-state index in [0.717, 1.165) is 0 Å². The minimum absolute atomic E-state index is 0.0174. The molecule has 0 amide bonds. The highest BCUT2D eigenvalue weighted by molar-refractivity contribution is 7.64. The van der Waals surface area contributed by atoms with Crippen molar-refractivity contribution in [2.45, 2.75) is 0 Å². The number of carbonyl (C=O) groups excluding carboxylic acids is 1. The predicted octanol–water partition coefficient (Wildman–Crippen LogP) is 0.851. The van der Waals surface area contributed by atoms with Crippen LogP contribution in [0.1, 0.15) is 15.9 Å². The van der Waals surface area contributed by atoms with Crippen LogP contribution in [0, 0.1) is 0 Å². The number of anilines is 2. The lowest BCUT2D eigenvalue weighted by Gasteiger charge is -2.15. The first-order valence-corrected chi connectivity index (χ1v) is 7.45. The molecule has 1 unspecified atom stereocenters. The first kappa shape index (κ1) is 14.3. The normalized spacial score (nSPS) is 13.7. The molecule has 0 saturated carbocycles. The highest BCUT2D eigenvalue weighted by Gasteiger charge is 2.27. The van der Waals surface area contributed by atoms with Gasteiger partial charge in [-0.2, -0.15) is 0 Å². The molecule has 20 heavy (non-hydrogen) atoms. The molecular weight excluding hydrogens is 277 g/mol. The van der Waals surface area contributed by atoms with E-state index in [1.807, 2.05) is 0 Å². The van der Waals surface area contributed by atoms with E-state index in [1.165, 1.54) is 12.1 Å². The number of nitrogen functional groups attached to an aromatic ring is 2. The average Bonchev–Trinajstić information content (AvgIpc) is 2.40. The van der Waals surface area contributed by atoms with Crippen LogP contribution in [0.3, 0.4) is 0 Å². The van der Waals surface area contributed by atoms with Crippen molar-refractivity contribution in [3.63, 3.8) is 0 Å². The summed E-state index contributed by atoms with van der Waals surface area (Å²) in [6, 6.07) is 11.1. The summed E-state index contributed by atoms with van der Waals surface area (Å²) in [5.41, 5.74) is 16.9. The number of hydrogen-bond donors (Lipinski definition) is 4. The van der Waals surface area contributed by atoms with Crippen LogP contribution in [-0.2, 0) is 4.57 Å². The molecule has 1 atom stereocenters. The Labute approximate surface area is 115 Å². The van der Waals surface area contributed by atoms with Gasteiger partial charge < -0.3 is 16.4 Å². The Morgan fingerprint density at radius 1 is 1.05 bits per heavy atom. The molecule has 0 saturated heterocycles. The van der Waals surface area contributed by atoms with Crippen molar-refractivity contribution < 1.29 is 14.3 Å². The number of ketones is 1. The van der Waals surface area contributed by atoms with Gasteiger partial charge >= 0.3 is 0 Å². The summed E-state index contributed by atoms with van der Waals surface area (Å²) in [6.45, 7) is 0. The minimum atomic E-state index is -4.22. The number of rotatable bonds is 3. The molecular formula is C13H14N3O3P. The number of carbonyl (C=O) groups is 1. The monoisotopic (exact) mass is 291 g/mol. The van der Waals surface area contributed by atoms with Crippen LogP contribution in [0.4, 0.5) is 11.4 Å². The minimum Gasteiger partial charge on any atom is -0.397 e. The lowest BCUT2D eigenvalue weighted by molar-refractivity contribution is 0.103. The molecule has 0 spiro atoms. The Kier molecular flexibility index (Phi) is 3.63. The standard InChI is InChI=1S/C13H14N3O3P/c14-10-7-6-9(13(11(10)15)20(16,18)19)12(17)8-4-2-1-3-5-8/h1-7H,14-15H2,(H3,16,18,19). The van der Waals surface area contributed by atoms with E-state index in [2.05, 4.69) is 0 Å². The second-order valence-corrected chi connectivity index (χ2v) is 5.98. The maximum Gasteiger partial charge on any atom is 0.297 e. The third-order valence-corrected chi connectivity index (χ3v) is 3.97. The van der Waals surface area contributed by atoms with Crippen LogP contribution in [0.5, 0.6) is 0 Å². The first-order valence-electron chi connectivity index (χ1n) is 5.72. The highest BCUT2D eigenvalue weighted by atomic mass is 31.2. The van der Waals surface area contributed by atoms with Crippen LogP contribution < -0.4 is 22.3 Å². The highest BCUT2D eigenvalue weighted by Crippen LogP contribution is 2.36. The molecule has 7 N–H and O–H groups in total. The topological polar surface area (TPSA) is 132 Å². The third-order valence-electron chi connectivity index (χ3n) is 2.85. The molecule has 2 aromatic rings. The van der Waals surface area contributed by atoms with E-state index in [0.29, 0.717) is 5.56 Å². The van der Waals surface area contributed by atoms with Crippen molar-refractivity contribution in [2.24, 2.45) is 5.50 Å². The fourth-order valence-electron chi connectivity index (χ4n) is 1.90. The molecule has 2 aromatic carbocycles. The molecule has 0 fully saturated rings. The molecule has 0 aliphatic carbocycles. The van der Waals surface area contributed by atoms with Crippen LogP contribution >= 0.6 is 7.52 Å². The Bertz CT molecular complexity index is 710. The molecule has 2 rings (SSSR count). The zero-order valence-electron chi connectivity index (χ0n) is 10.5. The van der Waals surface area contributed by atoms with E-state index in [4.69, 9.17) is 17.0 Å². The molecule has 6 nitrogen and oxygen atoms in total. The summed E-state index contributed by atoms with van der Waals surface area (Å²) in [5, 5.41) is -0.300. The van der Waals surface area contributed by atoms with Crippen molar-refractivity contribution in [3.05, 3.63) is 53.6 Å². The molecule has 104 valence electrons. The van der Waals surface area contributed by atoms with Gasteiger partial charge in [0.15, 0.2) is 5.78 Å². The van der Waals surface area contributed by atoms with Gasteiger partial charge in [-0.15, -0.1) is 0 Å². The molecule has 7 heteroatoms. The number of benzene rings is 2. The molecule has 0 radical (unpaired) electrons. The van der Waals surface area contributed by atoms with Gasteiger partial charge in [-0.1, -0.05) is 30.3 Å². The van der Waals surface area contributed by atoms with Crippen LogP contribution in [0.15, 0.2) is 42.5 Å². The van der Waals surface area contributed by atoms with Gasteiger partial charge in [-0.3, -0.25) is 14.9 Å².